The zero-order valence-corrected chi connectivity index (χ0v) is 9.98. The topological polar surface area (TPSA) is 33.1 Å². The predicted molar refractivity (Wildman–Crippen MR) is 61.5 cm³/mol. The van der Waals surface area contributed by atoms with E-state index in [0.717, 1.165) is 16.3 Å². The molecule has 0 fully saturated rings. The molecule has 0 radical (unpaired) electrons. The molecule has 0 saturated carbocycles. The normalized spacial score (nSPS) is 12.6. The molecule has 0 aliphatic heterocycles. The number of aryl methyl sites for hydroxylation is 2. The van der Waals surface area contributed by atoms with Crippen LogP contribution in [0.5, 0.6) is 0 Å². The van der Waals surface area contributed by atoms with E-state index in [1.54, 1.807) is 11.3 Å². The number of aromatic nitrogens is 1. The van der Waals surface area contributed by atoms with Gasteiger partial charge in [-0.2, -0.15) is 0 Å². The second-order valence-corrected chi connectivity index (χ2v) is 4.95. The van der Waals surface area contributed by atoms with Crippen LogP contribution in [0, 0.1) is 19.8 Å². The van der Waals surface area contributed by atoms with Gasteiger partial charge in [-0.1, -0.05) is 13.8 Å². The van der Waals surface area contributed by atoms with Crippen LogP contribution < -0.4 is 0 Å². The van der Waals surface area contributed by atoms with Crippen molar-refractivity contribution in [1.82, 2.24) is 4.98 Å². The van der Waals surface area contributed by atoms with Gasteiger partial charge in [-0.05, 0) is 31.4 Å². The highest BCUT2D eigenvalue weighted by atomic mass is 32.1. The number of nitrogens with zero attached hydrogens (tertiary/aromatic N) is 1. The van der Waals surface area contributed by atoms with Gasteiger partial charge < -0.3 is 5.11 Å². The maximum absolute atomic E-state index is 9.17. The van der Waals surface area contributed by atoms with E-state index in [1.165, 1.54) is 4.88 Å². The number of thiazole rings is 1. The zero-order valence-electron chi connectivity index (χ0n) is 9.16. The molecule has 0 aliphatic carbocycles. The fraction of sp³-hybridized carbons (Fsp3) is 0.545. The molecular formula is C11H17NOS. The quantitative estimate of drug-likeness (QED) is 0.834. The van der Waals surface area contributed by atoms with Crippen molar-refractivity contribution in [1.29, 1.82) is 0 Å². The van der Waals surface area contributed by atoms with Crippen LogP contribution in [0.3, 0.4) is 0 Å². The van der Waals surface area contributed by atoms with Gasteiger partial charge in [0.25, 0.3) is 0 Å². The van der Waals surface area contributed by atoms with Crippen molar-refractivity contribution in [2.24, 2.45) is 5.92 Å². The Hall–Kier alpha value is -0.670. The van der Waals surface area contributed by atoms with Crippen LogP contribution in [0.1, 0.15) is 29.4 Å². The summed E-state index contributed by atoms with van der Waals surface area (Å²) in [6, 6.07) is 0. The standard InChI is InChI=1S/C11H17NOS/c1-7(2)10(6-13)5-11-8(3)12-9(4)14-11/h5,7,13H,6H2,1-4H3. The van der Waals surface area contributed by atoms with Gasteiger partial charge in [0.2, 0.25) is 0 Å². The molecule has 78 valence electrons. The molecule has 3 heteroatoms. The number of hydrogen-bond donors (Lipinski definition) is 1. The van der Waals surface area contributed by atoms with Crippen molar-refractivity contribution >= 4 is 17.4 Å². The van der Waals surface area contributed by atoms with Crippen LogP contribution >= 0.6 is 11.3 Å². The van der Waals surface area contributed by atoms with E-state index in [-0.39, 0.29) is 6.61 Å². The Morgan fingerprint density at radius 2 is 2.14 bits per heavy atom. The minimum atomic E-state index is 0.133. The molecule has 0 saturated heterocycles. The van der Waals surface area contributed by atoms with E-state index in [1.807, 2.05) is 13.8 Å². The van der Waals surface area contributed by atoms with Crippen molar-refractivity contribution in [3.05, 3.63) is 21.2 Å². The SMILES string of the molecule is Cc1nc(C)c(C=C(CO)C(C)C)s1. The van der Waals surface area contributed by atoms with Crippen LogP contribution in [0.25, 0.3) is 6.08 Å². The maximum atomic E-state index is 9.17. The van der Waals surface area contributed by atoms with Gasteiger partial charge >= 0.3 is 0 Å². The second-order valence-electron chi connectivity index (χ2n) is 3.71. The summed E-state index contributed by atoms with van der Waals surface area (Å²) in [5.41, 5.74) is 2.12. The first-order chi connectivity index (χ1) is 6.54. The van der Waals surface area contributed by atoms with Gasteiger partial charge in [0.15, 0.2) is 0 Å². The van der Waals surface area contributed by atoms with Gasteiger partial charge in [0.1, 0.15) is 0 Å². The third kappa shape index (κ3) is 2.66. The molecule has 1 heterocycles. The highest BCUT2D eigenvalue weighted by Crippen LogP contribution is 2.22. The molecule has 1 aromatic heterocycles. The van der Waals surface area contributed by atoms with E-state index < -0.39 is 0 Å². The fourth-order valence-corrected chi connectivity index (χ4v) is 2.15. The average Bonchev–Trinajstić information content (AvgIpc) is 2.40. The lowest BCUT2D eigenvalue weighted by atomic mass is 10.0. The highest BCUT2D eigenvalue weighted by Gasteiger charge is 2.06. The lowest BCUT2D eigenvalue weighted by Gasteiger charge is -2.06. The minimum Gasteiger partial charge on any atom is -0.392 e. The summed E-state index contributed by atoms with van der Waals surface area (Å²) in [6.07, 6.45) is 2.06. The van der Waals surface area contributed by atoms with Crippen LogP contribution in [-0.2, 0) is 0 Å². The van der Waals surface area contributed by atoms with E-state index in [9.17, 15) is 5.11 Å². The average molecular weight is 211 g/mol. The molecule has 0 bridgehead atoms. The summed E-state index contributed by atoms with van der Waals surface area (Å²) < 4.78 is 0. The zero-order chi connectivity index (χ0) is 10.7. The van der Waals surface area contributed by atoms with E-state index in [2.05, 4.69) is 24.9 Å². The van der Waals surface area contributed by atoms with Gasteiger partial charge in [-0.25, -0.2) is 4.98 Å². The Bertz CT molecular complexity index is 339. The molecule has 14 heavy (non-hydrogen) atoms. The molecule has 0 unspecified atom stereocenters. The molecular weight excluding hydrogens is 194 g/mol. The summed E-state index contributed by atoms with van der Waals surface area (Å²) >= 11 is 1.68. The predicted octanol–water partition coefficient (Wildman–Crippen LogP) is 2.79. The molecule has 1 rings (SSSR count). The van der Waals surface area contributed by atoms with E-state index >= 15 is 0 Å². The van der Waals surface area contributed by atoms with E-state index in [0.29, 0.717) is 5.92 Å². The van der Waals surface area contributed by atoms with Crippen LogP contribution in [0.15, 0.2) is 5.57 Å². The Morgan fingerprint density at radius 3 is 2.50 bits per heavy atom. The number of hydrogen-bond acceptors (Lipinski definition) is 3. The molecule has 0 atom stereocenters. The number of rotatable bonds is 3. The molecule has 0 aromatic carbocycles. The van der Waals surface area contributed by atoms with Crippen LogP contribution in [-0.4, -0.2) is 16.7 Å². The molecule has 1 N–H and O–H groups in total. The van der Waals surface area contributed by atoms with Crippen LogP contribution in [0.2, 0.25) is 0 Å². The lowest BCUT2D eigenvalue weighted by molar-refractivity contribution is 0.320. The van der Waals surface area contributed by atoms with Crippen molar-refractivity contribution in [2.45, 2.75) is 27.7 Å². The Morgan fingerprint density at radius 1 is 1.50 bits per heavy atom. The Labute approximate surface area is 89.3 Å². The molecule has 0 aliphatic rings. The van der Waals surface area contributed by atoms with Crippen molar-refractivity contribution in [3.63, 3.8) is 0 Å². The van der Waals surface area contributed by atoms with Gasteiger partial charge in [0.05, 0.1) is 22.2 Å². The smallest absolute Gasteiger partial charge is 0.0903 e. The Balaban J connectivity index is 3.00. The third-order valence-corrected chi connectivity index (χ3v) is 3.20. The van der Waals surface area contributed by atoms with Gasteiger partial charge in [-0.15, -0.1) is 11.3 Å². The van der Waals surface area contributed by atoms with Gasteiger partial charge in [0, 0.05) is 0 Å². The molecule has 2 nitrogen and oxygen atoms in total. The largest absolute Gasteiger partial charge is 0.392 e. The second kappa shape index (κ2) is 4.71. The Kier molecular flexibility index (Phi) is 3.84. The first kappa shape index (κ1) is 11.4. The summed E-state index contributed by atoms with van der Waals surface area (Å²) in [7, 11) is 0. The summed E-state index contributed by atoms with van der Waals surface area (Å²) in [6.45, 7) is 8.32. The number of aliphatic hydroxyl groups excluding tert-OH is 1. The molecule has 0 amide bonds. The summed E-state index contributed by atoms with van der Waals surface area (Å²) in [5.74, 6) is 0.391. The number of aliphatic hydroxyl groups is 1. The van der Waals surface area contributed by atoms with Gasteiger partial charge in [-0.3, -0.25) is 0 Å². The fourth-order valence-electron chi connectivity index (χ4n) is 1.24. The summed E-state index contributed by atoms with van der Waals surface area (Å²) in [4.78, 5) is 5.52. The lowest BCUT2D eigenvalue weighted by Crippen LogP contribution is -1.98. The van der Waals surface area contributed by atoms with Crippen molar-refractivity contribution < 1.29 is 5.11 Å². The maximum Gasteiger partial charge on any atom is 0.0903 e. The molecule has 0 spiro atoms. The third-order valence-electron chi connectivity index (χ3n) is 2.18. The summed E-state index contributed by atoms with van der Waals surface area (Å²) in [5, 5.41) is 10.2. The first-order valence-electron chi connectivity index (χ1n) is 4.80. The van der Waals surface area contributed by atoms with E-state index in [4.69, 9.17) is 0 Å². The minimum absolute atomic E-state index is 0.133. The van der Waals surface area contributed by atoms with Crippen molar-refractivity contribution in [2.75, 3.05) is 6.61 Å². The monoisotopic (exact) mass is 211 g/mol. The molecule has 1 aromatic rings. The van der Waals surface area contributed by atoms with Crippen LogP contribution in [0.4, 0.5) is 0 Å². The first-order valence-corrected chi connectivity index (χ1v) is 5.61. The van der Waals surface area contributed by atoms with Crippen molar-refractivity contribution in [3.8, 4) is 0 Å². The highest BCUT2D eigenvalue weighted by molar-refractivity contribution is 7.12.